The van der Waals surface area contributed by atoms with E-state index in [-0.39, 0.29) is 0 Å². The molecule has 2 aromatic rings. The van der Waals surface area contributed by atoms with E-state index in [1.54, 1.807) is 30.3 Å². The summed E-state index contributed by atoms with van der Waals surface area (Å²) in [4.78, 5) is 12.2. The highest BCUT2D eigenvalue weighted by atomic mass is 35.5. The van der Waals surface area contributed by atoms with E-state index in [1.807, 2.05) is 6.92 Å². The van der Waals surface area contributed by atoms with Crippen molar-refractivity contribution in [1.29, 1.82) is 0 Å². The zero-order chi connectivity index (χ0) is 19.1. The van der Waals surface area contributed by atoms with Crippen LogP contribution in [0.2, 0.25) is 10.0 Å². The first kappa shape index (κ1) is 19.9. The number of ether oxygens (including phenoxy) is 3. The van der Waals surface area contributed by atoms with Gasteiger partial charge < -0.3 is 14.2 Å². The summed E-state index contributed by atoms with van der Waals surface area (Å²) in [6, 6.07) is 8.12. The molecule has 1 amide bonds. The molecule has 1 N–H and O–H groups in total. The maximum atomic E-state index is 12.2. The second kappa shape index (κ2) is 9.31. The molecule has 8 heteroatoms. The molecular formula is C18H18Cl2N2O4. The number of amides is 1. The van der Waals surface area contributed by atoms with E-state index in [1.165, 1.54) is 20.4 Å². The monoisotopic (exact) mass is 396 g/mol. The minimum absolute atomic E-state index is 0.351. The van der Waals surface area contributed by atoms with Gasteiger partial charge in [0.15, 0.2) is 17.2 Å². The highest BCUT2D eigenvalue weighted by molar-refractivity contribution is 6.37. The van der Waals surface area contributed by atoms with E-state index in [4.69, 9.17) is 37.4 Å². The molecule has 6 nitrogen and oxygen atoms in total. The first-order valence-electron chi connectivity index (χ1n) is 7.67. The van der Waals surface area contributed by atoms with Gasteiger partial charge in [-0.15, -0.1) is 0 Å². The molecule has 0 spiro atoms. The van der Waals surface area contributed by atoms with E-state index in [0.717, 1.165) is 0 Å². The molecule has 0 aliphatic heterocycles. The van der Waals surface area contributed by atoms with Crippen molar-refractivity contribution in [2.45, 2.75) is 6.92 Å². The van der Waals surface area contributed by atoms with Crippen molar-refractivity contribution >= 4 is 35.3 Å². The molecule has 26 heavy (non-hydrogen) atoms. The Morgan fingerprint density at radius 1 is 1.12 bits per heavy atom. The van der Waals surface area contributed by atoms with Crippen LogP contribution in [0.15, 0.2) is 35.4 Å². The number of methoxy groups -OCH3 is 2. The predicted octanol–water partition coefficient (Wildman–Crippen LogP) is 4.17. The number of hydrazone groups is 1. The van der Waals surface area contributed by atoms with Crippen molar-refractivity contribution in [3.8, 4) is 17.2 Å². The molecule has 0 saturated heterocycles. The summed E-state index contributed by atoms with van der Waals surface area (Å²) in [5.74, 6) is 1.03. The van der Waals surface area contributed by atoms with Gasteiger partial charge >= 0.3 is 0 Å². The first-order chi connectivity index (χ1) is 12.5. The molecule has 0 atom stereocenters. The normalized spacial score (nSPS) is 10.7. The van der Waals surface area contributed by atoms with Crippen LogP contribution in [-0.4, -0.2) is 32.9 Å². The molecule has 0 aliphatic carbocycles. The van der Waals surface area contributed by atoms with E-state index >= 15 is 0 Å². The second-order valence-corrected chi connectivity index (χ2v) is 5.83. The van der Waals surface area contributed by atoms with Crippen LogP contribution in [0.25, 0.3) is 0 Å². The molecule has 0 heterocycles. The highest BCUT2D eigenvalue weighted by Gasteiger charge is 2.11. The summed E-state index contributed by atoms with van der Waals surface area (Å²) >= 11 is 12.1. The average Bonchev–Trinajstić information content (AvgIpc) is 2.61. The van der Waals surface area contributed by atoms with Crippen LogP contribution in [0.3, 0.4) is 0 Å². The van der Waals surface area contributed by atoms with Crippen molar-refractivity contribution in [3.63, 3.8) is 0 Å². The minimum atomic E-state index is -0.393. The van der Waals surface area contributed by atoms with Gasteiger partial charge in [0.2, 0.25) is 0 Å². The Balaban J connectivity index is 2.11. The maximum absolute atomic E-state index is 12.2. The van der Waals surface area contributed by atoms with Crippen molar-refractivity contribution in [3.05, 3.63) is 51.5 Å². The fourth-order valence-corrected chi connectivity index (χ4v) is 2.82. The number of hydrogen-bond donors (Lipinski definition) is 1. The Morgan fingerprint density at radius 2 is 1.81 bits per heavy atom. The van der Waals surface area contributed by atoms with Crippen LogP contribution in [-0.2, 0) is 0 Å². The van der Waals surface area contributed by atoms with Crippen LogP contribution in [0, 0.1) is 0 Å². The molecule has 2 aromatic carbocycles. The van der Waals surface area contributed by atoms with E-state index < -0.39 is 5.91 Å². The molecular weight excluding hydrogens is 379 g/mol. The Morgan fingerprint density at radius 3 is 2.38 bits per heavy atom. The quantitative estimate of drug-likeness (QED) is 0.562. The Labute approximate surface area is 161 Å². The molecule has 0 radical (unpaired) electrons. The number of benzene rings is 2. The van der Waals surface area contributed by atoms with E-state index in [0.29, 0.717) is 45.0 Å². The third kappa shape index (κ3) is 4.80. The van der Waals surface area contributed by atoms with Gasteiger partial charge in [-0.2, -0.15) is 5.10 Å². The minimum Gasteiger partial charge on any atom is -0.494 e. The number of carbonyl (C=O) groups excluding carboxylic acids is 1. The van der Waals surface area contributed by atoms with Crippen LogP contribution < -0.4 is 19.6 Å². The van der Waals surface area contributed by atoms with E-state index in [9.17, 15) is 4.79 Å². The number of hydrogen-bond acceptors (Lipinski definition) is 5. The fraction of sp³-hybridized carbons (Fsp3) is 0.222. The third-order valence-electron chi connectivity index (χ3n) is 3.33. The van der Waals surface area contributed by atoms with Crippen molar-refractivity contribution < 1.29 is 19.0 Å². The summed E-state index contributed by atoms with van der Waals surface area (Å²) in [7, 11) is 3.01. The van der Waals surface area contributed by atoms with Gasteiger partial charge in [0.25, 0.3) is 5.91 Å². The number of nitrogens with zero attached hydrogens (tertiary/aromatic N) is 1. The summed E-state index contributed by atoms with van der Waals surface area (Å²) in [6.45, 7) is 2.31. The number of nitrogens with one attached hydrogen (secondary N) is 1. The molecule has 0 aliphatic rings. The Hall–Kier alpha value is -2.44. The Bertz CT molecular complexity index is 802. The summed E-state index contributed by atoms with van der Waals surface area (Å²) < 4.78 is 15.7. The van der Waals surface area contributed by atoms with Gasteiger partial charge in [0.05, 0.1) is 37.1 Å². The number of halogens is 2. The van der Waals surface area contributed by atoms with Gasteiger partial charge in [-0.05, 0) is 42.8 Å². The third-order valence-corrected chi connectivity index (χ3v) is 3.89. The first-order valence-corrected chi connectivity index (χ1v) is 8.43. The second-order valence-electron chi connectivity index (χ2n) is 5.02. The summed E-state index contributed by atoms with van der Waals surface area (Å²) in [6.07, 6.45) is 1.43. The number of rotatable bonds is 7. The fourth-order valence-electron chi connectivity index (χ4n) is 2.17. The maximum Gasteiger partial charge on any atom is 0.271 e. The lowest BCUT2D eigenvalue weighted by Crippen LogP contribution is -2.17. The molecule has 0 unspecified atom stereocenters. The zero-order valence-electron chi connectivity index (χ0n) is 14.5. The molecule has 138 valence electrons. The SMILES string of the molecule is CCOc1cc(C(=O)N/N=C/c2cc(Cl)c(OC)c(Cl)c2)ccc1OC. The molecule has 0 bridgehead atoms. The van der Waals surface area contributed by atoms with Crippen molar-refractivity contribution in [1.82, 2.24) is 5.43 Å². The van der Waals surface area contributed by atoms with E-state index in [2.05, 4.69) is 10.5 Å². The van der Waals surface area contributed by atoms with Crippen LogP contribution >= 0.6 is 23.2 Å². The number of carbonyl (C=O) groups is 1. The van der Waals surface area contributed by atoms with Crippen LogP contribution in [0.1, 0.15) is 22.8 Å². The zero-order valence-corrected chi connectivity index (χ0v) is 16.0. The van der Waals surface area contributed by atoms with Crippen LogP contribution in [0.4, 0.5) is 0 Å². The van der Waals surface area contributed by atoms with Gasteiger partial charge in [0, 0.05) is 5.56 Å². The van der Waals surface area contributed by atoms with Crippen LogP contribution in [0.5, 0.6) is 17.2 Å². The highest BCUT2D eigenvalue weighted by Crippen LogP contribution is 2.33. The van der Waals surface area contributed by atoms with Gasteiger partial charge in [0.1, 0.15) is 0 Å². The lowest BCUT2D eigenvalue weighted by Gasteiger charge is -2.10. The van der Waals surface area contributed by atoms with Crippen molar-refractivity contribution in [2.75, 3.05) is 20.8 Å². The molecule has 2 rings (SSSR count). The lowest BCUT2D eigenvalue weighted by molar-refractivity contribution is 0.0954. The smallest absolute Gasteiger partial charge is 0.271 e. The van der Waals surface area contributed by atoms with Gasteiger partial charge in [-0.3, -0.25) is 4.79 Å². The predicted molar refractivity (Wildman–Crippen MR) is 102 cm³/mol. The van der Waals surface area contributed by atoms with Gasteiger partial charge in [-0.1, -0.05) is 23.2 Å². The molecule has 0 fully saturated rings. The topological polar surface area (TPSA) is 69.2 Å². The standard InChI is InChI=1S/C18H18Cl2N2O4/c1-4-26-16-9-12(5-6-15(16)24-2)18(23)22-21-10-11-7-13(19)17(25-3)14(20)8-11/h5-10H,4H2,1-3H3,(H,22,23)/b21-10+. The van der Waals surface area contributed by atoms with Gasteiger partial charge in [-0.25, -0.2) is 5.43 Å². The molecule has 0 saturated carbocycles. The van der Waals surface area contributed by atoms with Crippen molar-refractivity contribution in [2.24, 2.45) is 5.10 Å². The summed E-state index contributed by atoms with van der Waals surface area (Å²) in [5.41, 5.74) is 3.44. The average molecular weight is 397 g/mol. The molecule has 0 aromatic heterocycles. The lowest BCUT2D eigenvalue weighted by atomic mass is 10.2. The summed E-state index contributed by atoms with van der Waals surface area (Å²) in [5, 5.41) is 4.62. The Kier molecular flexibility index (Phi) is 7.12. The largest absolute Gasteiger partial charge is 0.494 e.